The maximum absolute atomic E-state index is 10.7. The second kappa shape index (κ2) is 3.97. The molecule has 0 aromatic carbocycles. The molecule has 3 atom stereocenters. The summed E-state index contributed by atoms with van der Waals surface area (Å²) in [6.07, 6.45) is 1.47. The Kier molecular flexibility index (Phi) is 3.19. The van der Waals surface area contributed by atoms with Crippen molar-refractivity contribution in [1.82, 2.24) is 4.72 Å². The molecule has 2 N–H and O–H groups in total. The van der Waals surface area contributed by atoms with E-state index < -0.39 is 22.9 Å². The lowest BCUT2D eigenvalue weighted by molar-refractivity contribution is -0.142. The highest BCUT2D eigenvalue weighted by Gasteiger charge is 2.34. The Balaban J connectivity index is 2.52. The van der Waals surface area contributed by atoms with Gasteiger partial charge in [0.2, 0.25) is 0 Å². The van der Waals surface area contributed by atoms with Crippen molar-refractivity contribution >= 4 is 17.0 Å². The predicted molar refractivity (Wildman–Crippen MR) is 42.9 cm³/mol. The van der Waals surface area contributed by atoms with Gasteiger partial charge in [-0.05, 0) is 0 Å². The zero-order valence-electron chi connectivity index (χ0n) is 6.65. The van der Waals surface area contributed by atoms with E-state index in [9.17, 15) is 9.00 Å². The number of ether oxygens (including phenoxy) is 1. The van der Waals surface area contributed by atoms with Gasteiger partial charge in [0.05, 0.1) is 36.2 Å². The second-order valence-corrected chi connectivity index (χ2v) is 3.80. The molecule has 6 heteroatoms. The number of hydrogen-bond acceptors (Lipinski definition) is 3. The smallest absolute Gasteiger partial charge is 0.310 e. The molecule has 0 spiro atoms. The molecule has 1 heterocycles. The summed E-state index contributed by atoms with van der Waals surface area (Å²) in [6, 6.07) is -0.326. The first-order valence-corrected chi connectivity index (χ1v) is 5.07. The van der Waals surface area contributed by atoms with E-state index in [2.05, 4.69) is 4.72 Å². The summed E-state index contributed by atoms with van der Waals surface area (Å²) in [5.74, 6) is -1.48. The van der Waals surface area contributed by atoms with Crippen molar-refractivity contribution in [1.29, 1.82) is 0 Å². The van der Waals surface area contributed by atoms with Gasteiger partial charge in [-0.2, -0.15) is 0 Å². The number of carbonyl (C=O) groups is 1. The quantitative estimate of drug-likeness (QED) is 0.601. The normalized spacial score (nSPS) is 31.8. The molecule has 1 aliphatic rings. The monoisotopic (exact) mass is 193 g/mol. The fourth-order valence-electron chi connectivity index (χ4n) is 1.13. The highest BCUT2D eigenvalue weighted by molar-refractivity contribution is 7.82. The molecule has 0 aliphatic carbocycles. The molecule has 1 rings (SSSR count). The van der Waals surface area contributed by atoms with Crippen LogP contribution in [0.25, 0.3) is 0 Å². The number of carboxylic acid groups (broad SMARTS) is 1. The van der Waals surface area contributed by atoms with Crippen LogP contribution in [0, 0.1) is 5.92 Å². The standard InChI is InChI=1S/C6H11NO4S/c1-12(10)7-5-3-11-2-4(5)6(8)9/h4-5,7H,2-3H2,1H3,(H,8,9). The molecule has 0 aromatic heterocycles. The minimum atomic E-state index is -1.19. The SMILES string of the molecule is CS(=O)NC1COCC1C(=O)O. The second-order valence-electron chi connectivity index (χ2n) is 2.66. The van der Waals surface area contributed by atoms with E-state index >= 15 is 0 Å². The van der Waals surface area contributed by atoms with E-state index in [4.69, 9.17) is 9.84 Å². The Bertz CT molecular complexity index is 208. The summed E-state index contributed by atoms with van der Waals surface area (Å²) in [5, 5.41) is 8.68. The maximum atomic E-state index is 10.7. The van der Waals surface area contributed by atoms with Crippen molar-refractivity contribution in [3.05, 3.63) is 0 Å². The minimum absolute atomic E-state index is 0.199. The predicted octanol–water partition coefficient (Wildman–Crippen LogP) is -1.03. The fraction of sp³-hybridized carbons (Fsp3) is 0.833. The first-order chi connectivity index (χ1) is 5.61. The molecule has 12 heavy (non-hydrogen) atoms. The zero-order valence-corrected chi connectivity index (χ0v) is 7.47. The third-order valence-corrected chi connectivity index (χ3v) is 2.35. The molecular formula is C6H11NO4S. The van der Waals surface area contributed by atoms with E-state index in [0.717, 1.165) is 0 Å². The Morgan fingerprint density at radius 1 is 1.67 bits per heavy atom. The third-order valence-electron chi connectivity index (χ3n) is 1.72. The van der Waals surface area contributed by atoms with Crippen molar-refractivity contribution in [2.24, 2.45) is 5.92 Å². The fourth-order valence-corrected chi connectivity index (χ4v) is 1.79. The van der Waals surface area contributed by atoms with Crippen LogP contribution in [0.3, 0.4) is 0 Å². The van der Waals surface area contributed by atoms with E-state index in [-0.39, 0.29) is 12.6 Å². The Hall–Kier alpha value is -0.460. The summed E-state index contributed by atoms with van der Waals surface area (Å²) < 4.78 is 18.3. The Morgan fingerprint density at radius 3 is 2.83 bits per heavy atom. The Labute approximate surface area is 72.7 Å². The molecule has 3 unspecified atom stereocenters. The summed E-state index contributed by atoms with van der Waals surface area (Å²) >= 11 is 0. The van der Waals surface area contributed by atoms with E-state index in [1.807, 2.05) is 0 Å². The molecular weight excluding hydrogens is 182 g/mol. The van der Waals surface area contributed by atoms with Crippen LogP contribution in [0.1, 0.15) is 0 Å². The third kappa shape index (κ3) is 2.26. The number of nitrogens with one attached hydrogen (secondary N) is 1. The number of aliphatic carboxylic acids is 1. The largest absolute Gasteiger partial charge is 0.481 e. The summed E-state index contributed by atoms with van der Waals surface area (Å²) in [5.41, 5.74) is 0. The van der Waals surface area contributed by atoms with Crippen molar-refractivity contribution in [2.75, 3.05) is 19.5 Å². The zero-order chi connectivity index (χ0) is 9.14. The van der Waals surface area contributed by atoms with Crippen LogP contribution in [0.15, 0.2) is 0 Å². The molecule has 1 saturated heterocycles. The highest BCUT2D eigenvalue weighted by atomic mass is 32.2. The number of rotatable bonds is 3. The van der Waals surface area contributed by atoms with Crippen molar-refractivity contribution in [3.8, 4) is 0 Å². The molecule has 70 valence electrons. The number of carboxylic acids is 1. The first kappa shape index (κ1) is 9.63. The van der Waals surface area contributed by atoms with Gasteiger partial charge in [-0.25, -0.2) is 8.93 Å². The molecule has 1 aliphatic heterocycles. The lowest BCUT2D eigenvalue weighted by atomic mass is 10.1. The molecule has 0 radical (unpaired) electrons. The van der Waals surface area contributed by atoms with Gasteiger partial charge in [0.15, 0.2) is 0 Å². The van der Waals surface area contributed by atoms with Gasteiger partial charge >= 0.3 is 5.97 Å². The van der Waals surface area contributed by atoms with Crippen molar-refractivity contribution in [3.63, 3.8) is 0 Å². The minimum Gasteiger partial charge on any atom is -0.481 e. The maximum Gasteiger partial charge on any atom is 0.310 e. The average Bonchev–Trinajstić information content (AvgIpc) is 2.33. The van der Waals surface area contributed by atoms with Gasteiger partial charge in [-0.3, -0.25) is 4.79 Å². The summed E-state index contributed by atoms with van der Waals surface area (Å²) in [6.45, 7) is 0.515. The van der Waals surface area contributed by atoms with Crippen LogP contribution in [-0.2, 0) is 20.5 Å². The van der Waals surface area contributed by atoms with Crippen LogP contribution in [-0.4, -0.2) is 40.8 Å². The van der Waals surface area contributed by atoms with Crippen LogP contribution >= 0.6 is 0 Å². The molecule has 0 saturated carbocycles. The van der Waals surface area contributed by atoms with Crippen LogP contribution in [0.4, 0.5) is 0 Å². The van der Waals surface area contributed by atoms with Gasteiger partial charge < -0.3 is 9.84 Å². The molecule has 0 bridgehead atoms. The van der Waals surface area contributed by atoms with Crippen LogP contribution < -0.4 is 4.72 Å². The summed E-state index contributed by atoms with van der Waals surface area (Å²) in [7, 11) is -1.19. The van der Waals surface area contributed by atoms with Crippen LogP contribution in [0.5, 0.6) is 0 Å². The van der Waals surface area contributed by atoms with Crippen LogP contribution in [0.2, 0.25) is 0 Å². The molecule has 1 fully saturated rings. The van der Waals surface area contributed by atoms with Gasteiger partial charge in [0, 0.05) is 6.26 Å². The lowest BCUT2D eigenvalue weighted by Gasteiger charge is -2.12. The van der Waals surface area contributed by atoms with Gasteiger partial charge in [-0.15, -0.1) is 0 Å². The van der Waals surface area contributed by atoms with Crippen molar-refractivity contribution < 1.29 is 18.8 Å². The van der Waals surface area contributed by atoms with Gasteiger partial charge in [-0.1, -0.05) is 0 Å². The first-order valence-electron chi connectivity index (χ1n) is 3.51. The van der Waals surface area contributed by atoms with E-state index in [1.165, 1.54) is 6.26 Å². The van der Waals surface area contributed by atoms with Gasteiger partial charge in [0.1, 0.15) is 0 Å². The molecule has 0 aromatic rings. The Morgan fingerprint density at radius 2 is 2.33 bits per heavy atom. The average molecular weight is 193 g/mol. The lowest BCUT2D eigenvalue weighted by Crippen LogP contribution is -2.39. The molecule has 0 amide bonds. The van der Waals surface area contributed by atoms with Gasteiger partial charge in [0.25, 0.3) is 0 Å². The van der Waals surface area contributed by atoms with Crippen molar-refractivity contribution in [2.45, 2.75) is 6.04 Å². The molecule has 5 nitrogen and oxygen atoms in total. The summed E-state index contributed by atoms with van der Waals surface area (Å²) in [4.78, 5) is 10.6. The highest BCUT2D eigenvalue weighted by Crippen LogP contribution is 2.13. The van der Waals surface area contributed by atoms with E-state index in [1.54, 1.807) is 0 Å². The number of hydrogen-bond donors (Lipinski definition) is 2. The topological polar surface area (TPSA) is 75.6 Å². The van der Waals surface area contributed by atoms with E-state index in [0.29, 0.717) is 6.61 Å².